The van der Waals surface area contributed by atoms with E-state index >= 15 is 0 Å². The lowest BCUT2D eigenvalue weighted by Crippen LogP contribution is -2.38. The summed E-state index contributed by atoms with van der Waals surface area (Å²) in [6, 6.07) is 8.15. The molecule has 1 saturated heterocycles. The van der Waals surface area contributed by atoms with E-state index in [9.17, 15) is 5.11 Å². The maximum atomic E-state index is 9.68. The molecule has 0 spiro atoms. The van der Waals surface area contributed by atoms with E-state index in [0.717, 1.165) is 37.2 Å². The van der Waals surface area contributed by atoms with Gasteiger partial charge in [0.25, 0.3) is 0 Å². The summed E-state index contributed by atoms with van der Waals surface area (Å²) in [5.41, 5.74) is 2.14. The van der Waals surface area contributed by atoms with E-state index in [2.05, 4.69) is 32.2 Å². The van der Waals surface area contributed by atoms with Gasteiger partial charge in [0, 0.05) is 24.3 Å². The minimum atomic E-state index is -0.202. The molecule has 2 N–H and O–H groups in total. The molecule has 0 radical (unpaired) electrons. The number of hydrogen-bond donors (Lipinski definition) is 2. The Hall–Kier alpha value is -1.88. The Kier molecular flexibility index (Phi) is 2.98. The van der Waals surface area contributed by atoms with Gasteiger partial charge in [0.2, 0.25) is 0 Å². The van der Waals surface area contributed by atoms with Crippen LogP contribution in [0, 0.1) is 0 Å². The van der Waals surface area contributed by atoms with E-state index in [1.165, 1.54) is 0 Å². The Morgan fingerprint density at radius 1 is 1.28 bits per heavy atom. The number of nitrogens with zero attached hydrogens (tertiary/aromatic N) is 3. The molecule has 2 heterocycles. The maximum absolute atomic E-state index is 9.68. The van der Waals surface area contributed by atoms with Crippen molar-refractivity contribution in [2.75, 3.05) is 18.0 Å². The van der Waals surface area contributed by atoms with Crippen LogP contribution in [0.4, 0.5) is 5.69 Å². The first-order valence-electron chi connectivity index (χ1n) is 6.22. The van der Waals surface area contributed by atoms with Crippen LogP contribution in [0.25, 0.3) is 11.4 Å². The molecule has 0 aliphatic carbocycles. The monoisotopic (exact) mass is 244 g/mol. The standard InChI is InChI=1S/C13H16N4O/c18-12-2-1-7-17(8-12)11-5-3-10(4-6-11)13-14-9-15-16-13/h3-6,9,12,18H,1-2,7-8H2,(H,14,15,16). The topological polar surface area (TPSA) is 65.0 Å². The lowest BCUT2D eigenvalue weighted by molar-refractivity contribution is 0.154. The number of rotatable bonds is 2. The average molecular weight is 244 g/mol. The minimum absolute atomic E-state index is 0.202. The molecular formula is C13H16N4O. The molecule has 1 aromatic carbocycles. The molecule has 18 heavy (non-hydrogen) atoms. The van der Waals surface area contributed by atoms with Crippen molar-refractivity contribution in [3.8, 4) is 11.4 Å². The van der Waals surface area contributed by atoms with Crippen molar-refractivity contribution >= 4 is 5.69 Å². The molecule has 1 fully saturated rings. The summed E-state index contributed by atoms with van der Waals surface area (Å²) in [6.07, 6.45) is 3.33. The highest BCUT2D eigenvalue weighted by Crippen LogP contribution is 2.23. The van der Waals surface area contributed by atoms with Crippen LogP contribution >= 0.6 is 0 Å². The fraction of sp³-hybridized carbons (Fsp3) is 0.385. The highest BCUT2D eigenvalue weighted by atomic mass is 16.3. The number of β-amino-alcohol motifs (C(OH)–C–C–N with tert-alkyl or cyclic N) is 1. The zero-order chi connectivity index (χ0) is 12.4. The number of anilines is 1. The van der Waals surface area contributed by atoms with Crippen LogP contribution in [0.5, 0.6) is 0 Å². The summed E-state index contributed by atoms with van der Waals surface area (Å²) in [5, 5.41) is 16.4. The van der Waals surface area contributed by atoms with Gasteiger partial charge in [-0.1, -0.05) is 0 Å². The van der Waals surface area contributed by atoms with Crippen LogP contribution in [0.3, 0.4) is 0 Å². The summed E-state index contributed by atoms with van der Waals surface area (Å²) in [7, 11) is 0. The van der Waals surface area contributed by atoms with Crippen molar-refractivity contribution in [3.63, 3.8) is 0 Å². The van der Waals surface area contributed by atoms with Crippen LogP contribution in [-0.4, -0.2) is 39.5 Å². The highest BCUT2D eigenvalue weighted by Gasteiger charge is 2.17. The quantitative estimate of drug-likeness (QED) is 0.838. The van der Waals surface area contributed by atoms with Crippen molar-refractivity contribution in [1.29, 1.82) is 0 Å². The lowest BCUT2D eigenvalue weighted by Gasteiger charge is -2.32. The first-order chi connectivity index (χ1) is 8.83. The van der Waals surface area contributed by atoms with Gasteiger partial charge in [-0.3, -0.25) is 5.10 Å². The van der Waals surface area contributed by atoms with Gasteiger partial charge in [0.15, 0.2) is 5.82 Å². The third kappa shape index (κ3) is 2.22. The van der Waals surface area contributed by atoms with Gasteiger partial charge in [-0.2, -0.15) is 5.10 Å². The number of aliphatic hydroxyl groups excluding tert-OH is 1. The van der Waals surface area contributed by atoms with Crippen LogP contribution in [0.1, 0.15) is 12.8 Å². The van der Waals surface area contributed by atoms with Crippen molar-refractivity contribution in [3.05, 3.63) is 30.6 Å². The summed E-state index contributed by atoms with van der Waals surface area (Å²) in [5.74, 6) is 0.709. The molecule has 1 atom stereocenters. The van der Waals surface area contributed by atoms with E-state index in [-0.39, 0.29) is 6.10 Å². The number of nitrogens with one attached hydrogen (secondary N) is 1. The largest absolute Gasteiger partial charge is 0.391 e. The second-order valence-electron chi connectivity index (χ2n) is 4.61. The van der Waals surface area contributed by atoms with Gasteiger partial charge >= 0.3 is 0 Å². The SMILES string of the molecule is OC1CCCN(c2ccc(-c3nc[nH]n3)cc2)C1. The molecule has 1 aliphatic rings. The van der Waals surface area contributed by atoms with Crippen LogP contribution < -0.4 is 4.90 Å². The molecule has 5 heteroatoms. The number of piperidine rings is 1. The third-order valence-corrected chi connectivity index (χ3v) is 3.30. The number of benzene rings is 1. The highest BCUT2D eigenvalue weighted by molar-refractivity contribution is 5.60. The predicted molar refractivity (Wildman–Crippen MR) is 69.3 cm³/mol. The molecule has 1 aromatic heterocycles. The van der Waals surface area contributed by atoms with Gasteiger partial charge in [0.1, 0.15) is 6.33 Å². The van der Waals surface area contributed by atoms with Gasteiger partial charge in [-0.15, -0.1) is 0 Å². The summed E-state index contributed by atoms with van der Waals surface area (Å²) < 4.78 is 0. The fourth-order valence-electron chi connectivity index (χ4n) is 2.36. The van der Waals surface area contributed by atoms with Crippen LogP contribution in [0.2, 0.25) is 0 Å². The average Bonchev–Trinajstić information content (AvgIpc) is 2.93. The van der Waals surface area contributed by atoms with Crippen LogP contribution in [0.15, 0.2) is 30.6 Å². The van der Waals surface area contributed by atoms with Gasteiger partial charge in [-0.25, -0.2) is 4.98 Å². The Balaban J connectivity index is 1.78. The van der Waals surface area contributed by atoms with Crippen molar-refractivity contribution < 1.29 is 5.11 Å². The Bertz CT molecular complexity index is 494. The molecule has 3 rings (SSSR count). The van der Waals surface area contributed by atoms with E-state index in [1.54, 1.807) is 6.33 Å². The number of aliphatic hydroxyl groups is 1. The molecule has 5 nitrogen and oxygen atoms in total. The summed E-state index contributed by atoms with van der Waals surface area (Å²) in [4.78, 5) is 6.34. The Labute approximate surface area is 105 Å². The molecule has 1 aliphatic heterocycles. The molecule has 94 valence electrons. The third-order valence-electron chi connectivity index (χ3n) is 3.30. The number of hydrogen-bond acceptors (Lipinski definition) is 4. The zero-order valence-corrected chi connectivity index (χ0v) is 10.1. The maximum Gasteiger partial charge on any atom is 0.180 e. The first-order valence-corrected chi connectivity index (χ1v) is 6.22. The number of aromatic nitrogens is 3. The van der Waals surface area contributed by atoms with E-state index in [1.807, 2.05) is 12.1 Å². The summed E-state index contributed by atoms with van der Waals surface area (Å²) in [6.45, 7) is 1.73. The van der Waals surface area contributed by atoms with Gasteiger partial charge < -0.3 is 10.0 Å². The van der Waals surface area contributed by atoms with E-state index in [4.69, 9.17) is 0 Å². The second-order valence-corrected chi connectivity index (χ2v) is 4.61. The molecule has 2 aromatic rings. The smallest absolute Gasteiger partial charge is 0.180 e. The van der Waals surface area contributed by atoms with E-state index < -0.39 is 0 Å². The van der Waals surface area contributed by atoms with Gasteiger partial charge in [0.05, 0.1) is 6.10 Å². The zero-order valence-electron chi connectivity index (χ0n) is 10.1. The van der Waals surface area contributed by atoms with E-state index in [0.29, 0.717) is 5.82 Å². The summed E-state index contributed by atoms with van der Waals surface area (Å²) >= 11 is 0. The molecule has 0 bridgehead atoms. The normalized spacial score (nSPS) is 20.1. The molecular weight excluding hydrogens is 228 g/mol. The molecule has 0 saturated carbocycles. The second kappa shape index (κ2) is 4.78. The van der Waals surface area contributed by atoms with Crippen molar-refractivity contribution in [2.24, 2.45) is 0 Å². The van der Waals surface area contributed by atoms with Crippen LogP contribution in [-0.2, 0) is 0 Å². The van der Waals surface area contributed by atoms with Crippen molar-refractivity contribution in [1.82, 2.24) is 15.2 Å². The molecule has 1 unspecified atom stereocenters. The lowest BCUT2D eigenvalue weighted by atomic mass is 10.1. The Morgan fingerprint density at radius 3 is 2.78 bits per heavy atom. The van der Waals surface area contributed by atoms with Gasteiger partial charge in [-0.05, 0) is 37.1 Å². The fourth-order valence-corrected chi connectivity index (χ4v) is 2.36. The predicted octanol–water partition coefficient (Wildman–Crippen LogP) is 1.43. The Morgan fingerprint density at radius 2 is 2.11 bits per heavy atom. The number of aromatic amines is 1. The molecule has 0 amide bonds. The first kappa shape index (κ1) is 11.2. The minimum Gasteiger partial charge on any atom is -0.391 e. The number of H-pyrrole nitrogens is 1. The van der Waals surface area contributed by atoms with Crippen molar-refractivity contribution in [2.45, 2.75) is 18.9 Å².